The van der Waals surface area contributed by atoms with Gasteiger partial charge in [0.1, 0.15) is 0 Å². The molecular weight excluding hydrogens is 238 g/mol. The van der Waals surface area contributed by atoms with E-state index in [4.69, 9.17) is 5.11 Å². The van der Waals surface area contributed by atoms with Gasteiger partial charge in [0.05, 0.1) is 5.56 Å². The first-order valence-electron chi connectivity index (χ1n) is 7.33. The monoisotopic (exact) mass is 261 g/mol. The number of aromatic carboxylic acids is 1. The summed E-state index contributed by atoms with van der Waals surface area (Å²) in [5, 5.41) is 12.5. The molecular formula is C16H23NO2. The van der Waals surface area contributed by atoms with Gasteiger partial charge in [-0.2, -0.15) is 0 Å². The van der Waals surface area contributed by atoms with Crippen LogP contribution in [0.25, 0.3) is 0 Å². The Bertz CT molecular complexity index is 442. The maximum absolute atomic E-state index is 10.9. The van der Waals surface area contributed by atoms with Crippen LogP contribution in [0.5, 0.6) is 0 Å². The van der Waals surface area contributed by atoms with E-state index in [-0.39, 0.29) is 0 Å². The summed E-state index contributed by atoms with van der Waals surface area (Å²) < 4.78 is 0. The Morgan fingerprint density at radius 1 is 1.32 bits per heavy atom. The summed E-state index contributed by atoms with van der Waals surface area (Å²) >= 11 is 0. The third kappa shape index (κ3) is 3.72. The lowest BCUT2D eigenvalue weighted by atomic mass is 10.0. The zero-order chi connectivity index (χ0) is 13.7. The van der Waals surface area contributed by atoms with Crippen molar-refractivity contribution in [3.05, 3.63) is 29.3 Å². The Morgan fingerprint density at radius 2 is 2.11 bits per heavy atom. The number of unbranched alkanes of at least 4 members (excludes halogenated alkanes) is 4. The van der Waals surface area contributed by atoms with Crippen LogP contribution < -0.4 is 5.32 Å². The quantitative estimate of drug-likeness (QED) is 0.727. The van der Waals surface area contributed by atoms with Gasteiger partial charge in [-0.3, -0.25) is 0 Å². The van der Waals surface area contributed by atoms with Crippen LogP contribution in [-0.4, -0.2) is 17.1 Å². The third-order valence-electron chi connectivity index (χ3n) is 3.83. The molecule has 0 fully saturated rings. The Hall–Kier alpha value is -1.51. The van der Waals surface area contributed by atoms with Gasteiger partial charge in [0.25, 0.3) is 0 Å². The predicted molar refractivity (Wildman–Crippen MR) is 77.9 cm³/mol. The number of hydrogen-bond acceptors (Lipinski definition) is 2. The molecule has 0 radical (unpaired) electrons. The molecule has 0 unspecified atom stereocenters. The van der Waals surface area contributed by atoms with E-state index in [1.165, 1.54) is 38.5 Å². The highest BCUT2D eigenvalue weighted by molar-refractivity contribution is 5.88. The topological polar surface area (TPSA) is 49.3 Å². The summed E-state index contributed by atoms with van der Waals surface area (Å²) in [5.41, 5.74) is 2.66. The van der Waals surface area contributed by atoms with Gasteiger partial charge >= 0.3 is 5.97 Å². The molecule has 0 aliphatic carbocycles. The van der Waals surface area contributed by atoms with Crippen molar-refractivity contribution in [3.63, 3.8) is 0 Å². The molecule has 0 bridgehead atoms. The van der Waals surface area contributed by atoms with E-state index in [1.54, 1.807) is 6.07 Å². The summed E-state index contributed by atoms with van der Waals surface area (Å²) in [4.78, 5) is 10.9. The average Bonchev–Trinajstić information content (AvgIpc) is 2.80. The summed E-state index contributed by atoms with van der Waals surface area (Å²) in [6.07, 6.45) is 8.66. The standard InChI is InChI=1S/C16H23NO2/c1-2-3-4-5-6-7-14-11-13-10-12(16(18)19)8-9-15(13)17-14/h8-10,14,17H,2-7,11H2,1H3,(H,18,19)/t14-/m0/s1. The van der Waals surface area contributed by atoms with Gasteiger partial charge in [-0.05, 0) is 36.6 Å². The first-order valence-corrected chi connectivity index (χ1v) is 7.33. The first-order chi connectivity index (χ1) is 9.20. The van der Waals surface area contributed by atoms with Crippen molar-refractivity contribution in [3.8, 4) is 0 Å². The lowest BCUT2D eigenvalue weighted by Gasteiger charge is -2.10. The van der Waals surface area contributed by atoms with Gasteiger partial charge in [0.2, 0.25) is 0 Å². The van der Waals surface area contributed by atoms with Crippen molar-refractivity contribution in [1.82, 2.24) is 0 Å². The minimum Gasteiger partial charge on any atom is -0.478 e. The highest BCUT2D eigenvalue weighted by Gasteiger charge is 2.21. The van der Waals surface area contributed by atoms with E-state index in [0.717, 1.165) is 17.7 Å². The van der Waals surface area contributed by atoms with Crippen LogP contribution in [0.1, 0.15) is 61.4 Å². The van der Waals surface area contributed by atoms with E-state index in [0.29, 0.717) is 11.6 Å². The van der Waals surface area contributed by atoms with Crippen molar-refractivity contribution in [2.45, 2.75) is 57.9 Å². The number of fused-ring (bicyclic) bond motifs is 1. The molecule has 1 aromatic rings. The van der Waals surface area contributed by atoms with Gasteiger partial charge in [-0.25, -0.2) is 4.79 Å². The molecule has 0 spiro atoms. The van der Waals surface area contributed by atoms with Crippen LogP contribution in [0.15, 0.2) is 18.2 Å². The molecule has 0 saturated carbocycles. The number of anilines is 1. The van der Waals surface area contributed by atoms with Gasteiger partial charge in [-0.15, -0.1) is 0 Å². The summed E-state index contributed by atoms with van der Waals surface area (Å²) in [7, 11) is 0. The molecule has 1 aliphatic heterocycles. The smallest absolute Gasteiger partial charge is 0.335 e. The molecule has 2 rings (SSSR count). The zero-order valence-corrected chi connectivity index (χ0v) is 11.6. The third-order valence-corrected chi connectivity index (χ3v) is 3.83. The van der Waals surface area contributed by atoms with Crippen molar-refractivity contribution in [1.29, 1.82) is 0 Å². The van der Waals surface area contributed by atoms with Crippen LogP contribution in [0.4, 0.5) is 5.69 Å². The van der Waals surface area contributed by atoms with Crippen LogP contribution in [0.2, 0.25) is 0 Å². The number of hydrogen-bond donors (Lipinski definition) is 2. The number of carbonyl (C=O) groups is 1. The van der Waals surface area contributed by atoms with Crippen LogP contribution >= 0.6 is 0 Å². The number of benzene rings is 1. The van der Waals surface area contributed by atoms with Crippen molar-refractivity contribution in [2.24, 2.45) is 0 Å². The maximum Gasteiger partial charge on any atom is 0.335 e. The van der Waals surface area contributed by atoms with Crippen LogP contribution in [0.3, 0.4) is 0 Å². The fraction of sp³-hybridized carbons (Fsp3) is 0.562. The number of carboxylic acid groups (broad SMARTS) is 1. The zero-order valence-electron chi connectivity index (χ0n) is 11.6. The minimum absolute atomic E-state index is 0.393. The maximum atomic E-state index is 10.9. The molecule has 19 heavy (non-hydrogen) atoms. The molecule has 1 atom stereocenters. The van der Waals surface area contributed by atoms with Crippen molar-refractivity contribution >= 4 is 11.7 Å². The molecule has 0 aromatic heterocycles. The van der Waals surface area contributed by atoms with Crippen LogP contribution in [-0.2, 0) is 6.42 Å². The number of rotatable bonds is 7. The predicted octanol–water partition coefficient (Wildman–Crippen LogP) is 4.08. The Morgan fingerprint density at radius 3 is 2.84 bits per heavy atom. The van der Waals surface area contributed by atoms with E-state index in [2.05, 4.69) is 12.2 Å². The molecule has 104 valence electrons. The number of nitrogens with one attached hydrogen (secondary N) is 1. The highest BCUT2D eigenvalue weighted by Crippen LogP contribution is 2.29. The second-order valence-electron chi connectivity index (χ2n) is 5.43. The SMILES string of the molecule is CCCCCCC[C@H]1Cc2cc(C(=O)O)ccc2N1. The fourth-order valence-electron chi connectivity index (χ4n) is 2.74. The van der Waals surface area contributed by atoms with Gasteiger partial charge in [0, 0.05) is 11.7 Å². The normalized spacial score (nSPS) is 17.0. The van der Waals surface area contributed by atoms with Crippen molar-refractivity contribution < 1.29 is 9.90 Å². The highest BCUT2D eigenvalue weighted by atomic mass is 16.4. The van der Waals surface area contributed by atoms with Crippen LogP contribution in [0, 0.1) is 0 Å². The molecule has 1 aliphatic rings. The fourth-order valence-corrected chi connectivity index (χ4v) is 2.74. The Balaban J connectivity index is 1.81. The van der Waals surface area contributed by atoms with Gasteiger partial charge in [0.15, 0.2) is 0 Å². The molecule has 1 aromatic carbocycles. The van der Waals surface area contributed by atoms with E-state index < -0.39 is 5.97 Å². The minimum atomic E-state index is -0.842. The van der Waals surface area contributed by atoms with Gasteiger partial charge < -0.3 is 10.4 Å². The second-order valence-corrected chi connectivity index (χ2v) is 5.43. The van der Waals surface area contributed by atoms with Crippen molar-refractivity contribution in [2.75, 3.05) is 5.32 Å². The van der Waals surface area contributed by atoms with E-state index >= 15 is 0 Å². The molecule has 3 nitrogen and oxygen atoms in total. The number of carboxylic acids is 1. The molecule has 2 N–H and O–H groups in total. The van der Waals surface area contributed by atoms with Gasteiger partial charge in [-0.1, -0.05) is 39.0 Å². The Kier molecular flexibility index (Phi) is 4.83. The van der Waals surface area contributed by atoms with E-state index in [9.17, 15) is 4.79 Å². The van der Waals surface area contributed by atoms with E-state index in [1.807, 2.05) is 12.1 Å². The Labute approximate surface area is 115 Å². The second kappa shape index (κ2) is 6.60. The molecule has 1 heterocycles. The average molecular weight is 261 g/mol. The molecule has 0 amide bonds. The lowest BCUT2D eigenvalue weighted by molar-refractivity contribution is 0.0697. The lowest BCUT2D eigenvalue weighted by Crippen LogP contribution is -2.14. The first kappa shape index (κ1) is 13.9. The summed E-state index contributed by atoms with van der Waals surface area (Å²) in [6, 6.07) is 5.87. The summed E-state index contributed by atoms with van der Waals surface area (Å²) in [5.74, 6) is -0.842. The summed E-state index contributed by atoms with van der Waals surface area (Å²) in [6.45, 7) is 2.23. The molecule has 0 saturated heterocycles. The molecule has 3 heteroatoms. The largest absolute Gasteiger partial charge is 0.478 e.